The van der Waals surface area contributed by atoms with Crippen LogP contribution in [0.15, 0.2) is 48.5 Å². The van der Waals surface area contributed by atoms with Crippen molar-refractivity contribution in [3.05, 3.63) is 70.2 Å². The third-order valence-electron chi connectivity index (χ3n) is 4.62. The smallest absolute Gasteiger partial charge is 0.243 e. The molecule has 2 rings (SSSR count). The Bertz CT molecular complexity index is 858. The highest BCUT2D eigenvalue weighted by atomic mass is 35.5. The number of carbonyl (C=O) groups excluding carboxylic acids is 2. The third kappa shape index (κ3) is 6.90. The highest BCUT2D eigenvalue weighted by Crippen LogP contribution is 2.20. The summed E-state index contributed by atoms with van der Waals surface area (Å²) in [6, 6.07) is 14.8. The summed E-state index contributed by atoms with van der Waals surface area (Å²) in [7, 11) is 0. The van der Waals surface area contributed by atoms with Gasteiger partial charge in [0.05, 0.1) is 6.42 Å². The van der Waals surface area contributed by atoms with Gasteiger partial charge in [-0.2, -0.15) is 0 Å². The molecule has 1 atom stereocenters. The van der Waals surface area contributed by atoms with Crippen molar-refractivity contribution >= 4 is 23.4 Å². The fraction of sp³-hybridized carbons (Fsp3) is 0.417. The van der Waals surface area contributed by atoms with Gasteiger partial charge in [-0.3, -0.25) is 9.59 Å². The van der Waals surface area contributed by atoms with Crippen molar-refractivity contribution in [1.29, 1.82) is 0 Å². The van der Waals surface area contributed by atoms with E-state index in [1.807, 2.05) is 77.1 Å². The number of amides is 2. The molecule has 0 aromatic heterocycles. The van der Waals surface area contributed by atoms with Gasteiger partial charge in [0.15, 0.2) is 0 Å². The maximum absolute atomic E-state index is 13.3. The minimum atomic E-state index is -0.551. The molecule has 4 nitrogen and oxygen atoms in total. The largest absolute Gasteiger partial charge is 0.350 e. The van der Waals surface area contributed by atoms with Crippen LogP contribution in [0.4, 0.5) is 0 Å². The zero-order chi connectivity index (χ0) is 21.6. The Labute approximate surface area is 179 Å². The van der Waals surface area contributed by atoms with Crippen molar-refractivity contribution in [3.63, 3.8) is 0 Å². The van der Waals surface area contributed by atoms with E-state index in [0.717, 1.165) is 16.7 Å². The van der Waals surface area contributed by atoms with E-state index in [1.54, 1.807) is 11.0 Å². The van der Waals surface area contributed by atoms with E-state index in [9.17, 15) is 9.59 Å². The summed E-state index contributed by atoms with van der Waals surface area (Å²) in [5.74, 6) is -0.254. The molecule has 0 bridgehead atoms. The molecular weight excluding hydrogens is 384 g/mol. The van der Waals surface area contributed by atoms with Gasteiger partial charge in [-0.15, -0.1) is 0 Å². The number of nitrogens with one attached hydrogen (secondary N) is 1. The molecular formula is C24H31ClN2O2. The number of hydrogen-bond donors (Lipinski definition) is 1. The normalized spacial score (nSPS) is 12.3. The van der Waals surface area contributed by atoms with Crippen molar-refractivity contribution in [3.8, 4) is 0 Å². The Morgan fingerprint density at radius 3 is 2.38 bits per heavy atom. The number of carbonyl (C=O) groups is 2. The minimum absolute atomic E-state index is 0.115. The predicted octanol–water partition coefficient (Wildman–Crippen LogP) is 4.91. The number of halogens is 1. The monoisotopic (exact) mass is 414 g/mol. The molecule has 1 unspecified atom stereocenters. The summed E-state index contributed by atoms with van der Waals surface area (Å²) >= 11 is 6.27. The van der Waals surface area contributed by atoms with Crippen molar-refractivity contribution in [2.24, 2.45) is 0 Å². The second-order valence-electron chi connectivity index (χ2n) is 8.44. The van der Waals surface area contributed by atoms with Crippen molar-refractivity contribution in [2.45, 2.75) is 65.6 Å². The Hall–Kier alpha value is -2.33. The maximum Gasteiger partial charge on any atom is 0.243 e. The number of aryl methyl sites for hydroxylation is 1. The van der Waals surface area contributed by atoms with Gasteiger partial charge in [-0.1, -0.05) is 66.6 Å². The van der Waals surface area contributed by atoms with Crippen LogP contribution in [0.3, 0.4) is 0 Å². The van der Waals surface area contributed by atoms with Crippen LogP contribution in [0.2, 0.25) is 5.02 Å². The van der Waals surface area contributed by atoms with Crippen molar-refractivity contribution < 1.29 is 9.59 Å². The standard InChI is InChI=1S/C24H31ClN2O2/c1-6-21(23(29)26-24(3,4)5)27(16-18-11-9-10-17(2)14-18)22(28)15-19-12-7-8-13-20(19)25/h7-14,21H,6,15-16H2,1-5H3,(H,26,29). The van der Waals surface area contributed by atoms with Crippen LogP contribution in [0, 0.1) is 6.92 Å². The molecule has 2 aromatic rings. The lowest BCUT2D eigenvalue weighted by Crippen LogP contribution is -2.53. The highest BCUT2D eigenvalue weighted by Gasteiger charge is 2.30. The molecule has 1 N–H and O–H groups in total. The van der Waals surface area contributed by atoms with Crippen LogP contribution in [0.5, 0.6) is 0 Å². The first-order chi connectivity index (χ1) is 13.6. The molecule has 2 amide bonds. The molecule has 156 valence electrons. The molecule has 0 radical (unpaired) electrons. The Balaban J connectivity index is 2.34. The van der Waals surface area contributed by atoms with E-state index in [4.69, 9.17) is 11.6 Å². The molecule has 29 heavy (non-hydrogen) atoms. The lowest BCUT2D eigenvalue weighted by atomic mass is 10.0. The molecule has 5 heteroatoms. The lowest BCUT2D eigenvalue weighted by Gasteiger charge is -2.33. The minimum Gasteiger partial charge on any atom is -0.350 e. The summed E-state index contributed by atoms with van der Waals surface area (Å²) in [5.41, 5.74) is 2.51. The van der Waals surface area contributed by atoms with Gasteiger partial charge in [-0.05, 0) is 51.3 Å². The van der Waals surface area contributed by atoms with E-state index >= 15 is 0 Å². The van der Waals surface area contributed by atoms with Gasteiger partial charge >= 0.3 is 0 Å². The van der Waals surface area contributed by atoms with Gasteiger partial charge in [0, 0.05) is 17.1 Å². The molecule has 0 saturated heterocycles. The van der Waals surface area contributed by atoms with E-state index in [1.165, 1.54) is 0 Å². The Morgan fingerprint density at radius 2 is 1.79 bits per heavy atom. The van der Waals surface area contributed by atoms with Crippen LogP contribution >= 0.6 is 11.6 Å². The molecule has 2 aromatic carbocycles. The van der Waals surface area contributed by atoms with Gasteiger partial charge in [0.2, 0.25) is 11.8 Å². The first kappa shape index (κ1) is 23.0. The van der Waals surface area contributed by atoms with Crippen molar-refractivity contribution in [1.82, 2.24) is 10.2 Å². The van der Waals surface area contributed by atoms with E-state index in [0.29, 0.717) is 18.0 Å². The summed E-state index contributed by atoms with van der Waals surface area (Å²) in [4.78, 5) is 28.0. The molecule has 0 spiro atoms. The lowest BCUT2D eigenvalue weighted by molar-refractivity contribution is -0.141. The molecule has 0 saturated carbocycles. The highest BCUT2D eigenvalue weighted by molar-refractivity contribution is 6.31. The summed E-state index contributed by atoms with van der Waals surface area (Å²) in [6.07, 6.45) is 0.687. The maximum atomic E-state index is 13.3. The van der Waals surface area contributed by atoms with Crippen molar-refractivity contribution in [2.75, 3.05) is 0 Å². The molecule has 0 aliphatic carbocycles. The van der Waals surface area contributed by atoms with Crippen LogP contribution in [-0.2, 0) is 22.6 Å². The summed E-state index contributed by atoms with van der Waals surface area (Å²) < 4.78 is 0. The number of benzene rings is 2. The van der Waals surface area contributed by atoms with Crippen LogP contribution in [-0.4, -0.2) is 28.3 Å². The van der Waals surface area contributed by atoms with Gasteiger partial charge < -0.3 is 10.2 Å². The average molecular weight is 415 g/mol. The zero-order valence-corrected chi connectivity index (χ0v) is 18.7. The second-order valence-corrected chi connectivity index (χ2v) is 8.85. The fourth-order valence-electron chi connectivity index (χ4n) is 3.29. The average Bonchev–Trinajstić information content (AvgIpc) is 2.62. The number of hydrogen-bond acceptors (Lipinski definition) is 2. The topological polar surface area (TPSA) is 49.4 Å². The first-order valence-corrected chi connectivity index (χ1v) is 10.4. The third-order valence-corrected chi connectivity index (χ3v) is 4.99. The SMILES string of the molecule is CCC(C(=O)NC(C)(C)C)N(Cc1cccc(C)c1)C(=O)Cc1ccccc1Cl. The van der Waals surface area contributed by atoms with E-state index < -0.39 is 6.04 Å². The predicted molar refractivity (Wildman–Crippen MR) is 119 cm³/mol. The first-order valence-electron chi connectivity index (χ1n) is 10.0. The molecule has 0 fully saturated rings. The second kappa shape index (κ2) is 9.93. The quantitative estimate of drug-likeness (QED) is 0.699. The molecule has 0 aliphatic heterocycles. The summed E-state index contributed by atoms with van der Waals surface area (Å²) in [5, 5.41) is 3.58. The van der Waals surface area contributed by atoms with Gasteiger partial charge in [0.25, 0.3) is 0 Å². The van der Waals surface area contributed by atoms with E-state index in [-0.39, 0.29) is 23.8 Å². The molecule has 0 aliphatic rings. The van der Waals surface area contributed by atoms with Crippen LogP contribution in [0.25, 0.3) is 0 Å². The zero-order valence-electron chi connectivity index (χ0n) is 18.0. The van der Waals surface area contributed by atoms with Crippen LogP contribution < -0.4 is 5.32 Å². The Morgan fingerprint density at radius 1 is 1.10 bits per heavy atom. The number of nitrogens with zero attached hydrogens (tertiary/aromatic N) is 1. The van der Waals surface area contributed by atoms with E-state index in [2.05, 4.69) is 5.32 Å². The van der Waals surface area contributed by atoms with Crippen LogP contribution in [0.1, 0.15) is 50.8 Å². The van der Waals surface area contributed by atoms with Gasteiger partial charge in [0.1, 0.15) is 6.04 Å². The van der Waals surface area contributed by atoms with Gasteiger partial charge in [-0.25, -0.2) is 0 Å². The molecule has 0 heterocycles. The fourth-order valence-corrected chi connectivity index (χ4v) is 3.49. The Kier molecular flexibility index (Phi) is 7.86. The summed E-state index contributed by atoms with van der Waals surface area (Å²) in [6.45, 7) is 10.1. The number of rotatable bonds is 7.